The molecule has 0 spiro atoms. The number of nitrogens with zero attached hydrogens (tertiary/aromatic N) is 2. The second kappa shape index (κ2) is 6.19. The number of nitrogens with one attached hydrogen (secondary N) is 2. The number of hydrogen-bond donors (Lipinski definition) is 2. The highest BCUT2D eigenvalue weighted by molar-refractivity contribution is 5.47. The average Bonchev–Trinajstić information content (AvgIpc) is 2.37. The van der Waals surface area contributed by atoms with Gasteiger partial charge in [0.1, 0.15) is 17.5 Å². The van der Waals surface area contributed by atoms with Crippen LogP contribution >= 0.6 is 0 Å². The zero-order chi connectivity index (χ0) is 13.7. The van der Waals surface area contributed by atoms with E-state index in [-0.39, 0.29) is 0 Å². The Labute approximate surface area is 115 Å². The Bertz CT molecular complexity index is 416. The third-order valence-corrected chi connectivity index (χ3v) is 3.59. The van der Waals surface area contributed by atoms with Crippen molar-refractivity contribution in [1.29, 1.82) is 0 Å². The first-order valence-corrected chi connectivity index (χ1v) is 7.02. The Hall–Kier alpha value is -1.36. The fourth-order valence-corrected chi connectivity index (χ4v) is 2.27. The molecule has 2 rings (SSSR count). The molecule has 0 bridgehead atoms. The number of aromatic nitrogens is 2. The predicted molar refractivity (Wildman–Crippen MR) is 77.6 cm³/mol. The van der Waals surface area contributed by atoms with E-state index in [1.807, 2.05) is 13.0 Å². The lowest BCUT2D eigenvalue weighted by Crippen LogP contribution is -2.33. The summed E-state index contributed by atoms with van der Waals surface area (Å²) in [5, 5.41) is 6.67. The van der Waals surface area contributed by atoms with Crippen molar-refractivity contribution in [2.45, 2.75) is 33.6 Å². The first-order chi connectivity index (χ1) is 9.11. The lowest BCUT2D eigenvalue weighted by atomic mass is 9.82. The van der Waals surface area contributed by atoms with Gasteiger partial charge in [-0.15, -0.1) is 0 Å². The van der Waals surface area contributed by atoms with E-state index < -0.39 is 0 Å². The molecule has 2 N–H and O–H groups in total. The second-order valence-corrected chi connectivity index (χ2v) is 5.49. The van der Waals surface area contributed by atoms with Crippen molar-refractivity contribution in [1.82, 2.24) is 9.97 Å². The summed E-state index contributed by atoms with van der Waals surface area (Å²) in [6, 6.07) is 1.97. The van der Waals surface area contributed by atoms with Crippen LogP contribution in [0.15, 0.2) is 6.07 Å². The van der Waals surface area contributed by atoms with Gasteiger partial charge in [-0.2, -0.15) is 0 Å². The van der Waals surface area contributed by atoms with Crippen molar-refractivity contribution in [3.63, 3.8) is 0 Å². The van der Waals surface area contributed by atoms with Crippen LogP contribution in [0.1, 0.15) is 32.5 Å². The minimum atomic E-state index is 0.301. The highest BCUT2D eigenvalue weighted by atomic mass is 16.5. The molecule has 0 aliphatic carbocycles. The van der Waals surface area contributed by atoms with Gasteiger partial charge in [0.15, 0.2) is 0 Å². The molecule has 0 amide bonds. The molecular formula is C14H24N4O. The average molecular weight is 264 g/mol. The molecule has 1 saturated heterocycles. The third kappa shape index (κ3) is 4.06. The van der Waals surface area contributed by atoms with E-state index in [2.05, 4.69) is 34.4 Å². The highest BCUT2D eigenvalue weighted by Gasteiger charge is 2.27. The molecule has 0 radical (unpaired) electrons. The van der Waals surface area contributed by atoms with Gasteiger partial charge < -0.3 is 15.4 Å². The van der Waals surface area contributed by atoms with Crippen molar-refractivity contribution in [3.05, 3.63) is 11.9 Å². The largest absolute Gasteiger partial charge is 0.381 e. The molecule has 0 aromatic carbocycles. The molecule has 19 heavy (non-hydrogen) atoms. The van der Waals surface area contributed by atoms with Gasteiger partial charge in [0, 0.05) is 32.4 Å². The zero-order valence-corrected chi connectivity index (χ0v) is 12.1. The first kappa shape index (κ1) is 14.1. The van der Waals surface area contributed by atoms with Crippen LogP contribution in [0.5, 0.6) is 0 Å². The Balaban J connectivity index is 1.98. The van der Waals surface area contributed by atoms with Gasteiger partial charge in [-0.05, 0) is 32.1 Å². The van der Waals surface area contributed by atoms with Crippen molar-refractivity contribution in [3.8, 4) is 0 Å². The molecule has 0 saturated carbocycles. The maximum Gasteiger partial charge on any atom is 0.131 e. The maximum absolute atomic E-state index is 5.42. The fourth-order valence-electron chi connectivity index (χ4n) is 2.27. The van der Waals surface area contributed by atoms with E-state index in [0.717, 1.165) is 56.6 Å². The Morgan fingerprint density at radius 1 is 1.21 bits per heavy atom. The van der Waals surface area contributed by atoms with E-state index in [1.165, 1.54) is 0 Å². The molecule has 5 nitrogen and oxygen atoms in total. The van der Waals surface area contributed by atoms with Gasteiger partial charge in [0.05, 0.1) is 0 Å². The van der Waals surface area contributed by atoms with Crippen molar-refractivity contribution in [2.24, 2.45) is 5.41 Å². The summed E-state index contributed by atoms with van der Waals surface area (Å²) >= 11 is 0. The van der Waals surface area contributed by atoms with Crippen molar-refractivity contribution in [2.75, 3.05) is 36.9 Å². The minimum Gasteiger partial charge on any atom is -0.381 e. The van der Waals surface area contributed by atoms with E-state index in [0.29, 0.717) is 5.41 Å². The maximum atomic E-state index is 5.42. The van der Waals surface area contributed by atoms with Gasteiger partial charge >= 0.3 is 0 Å². The third-order valence-electron chi connectivity index (χ3n) is 3.59. The molecule has 0 unspecified atom stereocenters. The van der Waals surface area contributed by atoms with Crippen LogP contribution in [0, 0.1) is 12.3 Å². The number of hydrogen-bond acceptors (Lipinski definition) is 5. The molecule has 1 aromatic heterocycles. The van der Waals surface area contributed by atoms with E-state index in [1.54, 1.807) is 0 Å². The monoisotopic (exact) mass is 264 g/mol. The van der Waals surface area contributed by atoms with Gasteiger partial charge in [-0.25, -0.2) is 9.97 Å². The highest BCUT2D eigenvalue weighted by Crippen LogP contribution is 2.29. The molecule has 106 valence electrons. The number of ether oxygens (including phenoxy) is 1. The van der Waals surface area contributed by atoms with E-state index >= 15 is 0 Å². The number of aryl methyl sites for hydroxylation is 1. The molecule has 1 aliphatic rings. The van der Waals surface area contributed by atoms with Gasteiger partial charge in [-0.1, -0.05) is 6.92 Å². The summed E-state index contributed by atoms with van der Waals surface area (Å²) in [6.07, 6.45) is 2.20. The number of anilines is 2. The summed E-state index contributed by atoms with van der Waals surface area (Å²) in [4.78, 5) is 8.79. The minimum absolute atomic E-state index is 0.301. The van der Waals surface area contributed by atoms with Crippen molar-refractivity contribution < 1.29 is 4.74 Å². The molecule has 1 aromatic rings. The van der Waals surface area contributed by atoms with Crippen LogP contribution in [0.25, 0.3) is 0 Å². The van der Waals surface area contributed by atoms with Crippen molar-refractivity contribution >= 4 is 11.6 Å². The van der Waals surface area contributed by atoms with Crippen LogP contribution < -0.4 is 10.6 Å². The summed E-state index contributed by atoms with van der Waals surface area (Å²) in [5.41, 5.74) is 0.301. The lowest BCUT2D eigenvalue weighted by Gasteiger charge is -2.33. The molecule has 1 fully saturated rings. The van der Waals surface area contributed by atoms with E-state index in [9.17, 15) is 0 Å². The Kier molecular flexibility index (Phi) is 4.58. The fraction of sp³-hybridized carbons (Fsp3) is 0.714. The van der Waals surface area contributed by atoms with Crippen LogP contribution in [-0.4, -0.2) is 36.3 Å². The summed E-state index contributed by atoms with van der Waals surface area (Å²) < 4.78 is 5.42. The van der Waals surface area contributed by atoms with Crippen LogP contribution in [-0.2, 0) is 4.74 Å². The van der Waals surface area contributed by atoms with Crippen LogP contribution in [0.2, 0.25) is 0 Å². The summed E-state index contributed by atoms with van der Waals surface area (Å²) in [6.45, 7) is 9.81. The smallest absolute Gasteiger partial charge is 0.131 e. The zero-order valence-electron chi connectivity index (χ0n) is 12.1. The molecule has 2 heterocycles. The summed E-state index contributed by atoms with van der Waals surface area (Å²) in [7, 11) is 0. The van der Waals surface area contributed by atoms with Gasteiger partial charge in [0.25, 0.3) is 0 Å². The first-order valence-electron chi connectivity index (χ1n) is 7.02. The van der Waals surface area contributed by atoms with Gasteiger partial charge in [0.2, 0.25) is 0 Å². The normalized spacial score (nSPS) is 18.1. The second-order valence-electron chi connectivity index (χ2n) is 5.49. The molecule has 0 atom stereocenters. The topological polar surface area (TPSA) is 59.1 Å². The lowest BCUT2D eigenvalue weighted by molar-refractivity contribution is 0.0300. The Morgan fingerprint density at radius 2 is 1.84 bits per heavy atom. The van der Waals surface area contributed by atoms with Crippen LogP contribution in [0.4, 0.5) is 11.6 Å². The van der Waals surface area contributed by atoms with Crippen LogP contribution in [0.3, 0.4) is 0 Å². The van der Waals surface area contributed by atoms with Gasteiger partial charge in [-0.3, -0.25) is 0 Å². The van der Waals surface area contributed by atoms with E-state index in [4.69, 9.17) is 4.74 Å². The SMILES string of the molecule is CCNc1cc(NCC2(C)CCOCC2)nc(C)n1. The molecule has 5 heteroatoms. The molecule has 1 aliphatic heterocycles. The summed E-state index contributed by atoms with van der Waals surface area (Å²) in [5.74, 6) is 2.57. The number of rotatable bonds is 5. The quantitative estimate of drug-likeness (QED) is 0.855. The Morgan fingerprint density at radius 3 is 2.47 bits per heavy atom. The molecular weight excluding hydrogens is 240 g/mol. The predicted octanol–water partition coefficient (Wildman–Crippen LogP) is 2.45. The standard InChI is InChI=1S/C14H24N4O/c1-4-15-12-9-13(18-11(2)17-12)16-10-14(3)5-7-19-8-6-14/h9H,4-8,10H2,1-3H3,(H2,15,16,17,18).